The van der Waals surface area contributed by atoms with Gasteiger partial charge >= 0.3 is 0 Å². The maximum atomic E-state index is 9.12. The Morgan fingerprint density at radius 3 is 2.10 bits per heavy atom. The molecule has 0 amide bonds. The predicted molar refractivity (Wildman–Crippen MR) is 84.8 cm³/mol. The fourth-order valence-electron chi connectivity index (χ4n) is 3.67. The molecule has 1 nitrogen and oxygen atoms in total. The molecule has 1 fully saturated rings. The van der Waals surface area contributed by atoms with Crippen molar-refractivity contribution >= 4 is 0 Å². The summed E-state index contributed by atoms with van der Waals surface area (Å²) in [6.07, 6.45) is 5.28. The second kappa shape index (κ2) is 5.60. The van der Waals surface area contributed by atoms with Crippen LogP contribution in [-0.4, -0.2) is 0 Å². The van der Waals surface area contributed by atoms with Gasteiger partial charge < -0.3 is 0 Å². The lowest BCUT2D eigenvalue weighted by Gasteiger charge is -2.37. The molecule has 0 aromatic heterocycles. The van der Waals surface area contributed by atoms with Crippen LogP contribution in [0, 0.1) is 36.5 Å². The van der Waals surface area contributed by atoms with Crippen molar-refractivity contribution in [1.29, 1.82) is 5.26 Å². The second-order valence-corrected chi connectivity index (χ2v) is 7.55. The third-order valence-corrected chi connectivity index (χ3v) is 5.13. The summed E-state index contributed by atoms with van der Waals surface area (Å²) in [5.41, 5.74) is 5.18. The van der Waals surface area contributed by atoms with Crippen LogP contribution in [0.2, 0.25) is 0 Å². The molecule has 0 unspecified atom stereocenters. The topological polar surface area (TPSA) is 23.8 Å². The van der Waals surface area contributed by atoms with Crippen LogP contribution in [0.5, 0.6) is 0 Å². The van der Waals surface area contributed by atoms with Gasteiger partial charge in [-0.05, 0) is 79.5 Å². The van der Waals surface area contributed by atoms with Gasteiger partial charge in [0.25, 0.3) is 0 Å². The van der Waals surface area contributed by atoms with Crippen LogP contribution in [0.4, 0.5) is 0 Å². The Labute approximate surface area is 124 Å². The maximum absolute atomic E-state index is 9.12. The molecular weight excluding hydrogens is 242 g/mol. The predicted octanol–water partition coefficient (Wildman–Crippen LogP) is 5.50. The normalized spacial score (nSPS) is 23.4. The summed E-state index contributed by atoms with van der Waals surface area (Å²) < 4.78 is 0. The standard InChI is InChI=1S/C19H27N/c1-13-11-18(14(2)10-16(13)12-20)15-6-8-17(9-7-15)19(3,4)5/h10-11,15,17H,6-9H2,1-5H3. The Balaban J connectivity index is 2.16. The van der Waals surface area contributed by atoms with Crippen molar-refractivity contribution in [1.82, 2.24) is 0 Å². The first-order valence-corrected chi connectivity index (χ1v) is 7.84. The number of nitriles is 1. The Bertz CT molecular complexity index is 520. The Kier molecular flexibility index (Phi) is 4.23. The lowest BCUT2D eigenvalue weighted by Crippen LogP contribution is -2.25. The van der Waals surface area contributed by atoms with Crippen LogP contribution in [0.1, 0.15) is 74.6 Å². The van der Waals surface area contributed by atoms with Gasteiger partial charge in [-0.3, -0.25) is 0 Å². The largest absolute Gasteiger partial charge is 0.192 e. The van der Waals surface area contributed by atoms with Crippen LogP contribution < -0.4 is 0 Å². The van der Waals surface area contributed by atoms with E-state index in [-0.39, 0.29) is 0 Å². The Morgan fingerprint density at radius 1 is 1.00 bits per heavy atom. The van der Waals surface area contributed by atoms with Crippen LogP contribution in [0.25, 0.3) is 0 Å². The van der Waals surface area contributed by atoms with Crippen LogP contribution in [0.15, 0.2) is 12.1 Å². The molecule has 1 aliphatic rings. The quantitative estimate of drug-likeness (QED) is 0.661. The van der Waals surface area contributed by atoms with E-state index < -0.39 is 0 Å². The molecule has 20 heavy (non-hydrogen) atoms. The molecule has 0 saturated heterocycles. The maximum Gasteiger partial charge on any atom is 0.0994 e. The highest BCUT2D eigenvalue weighted by molar-refractivity contribution is 5.45. The summed E-state index contributed by atoms with van der Waals surface area (Å²) in [4.78, 5) is 0. The first kappa shape index (κ1) is 15.1. The first-order chi connectivity index (χ1) is 9.32. The second-order valence-electron chi connectivity index (χ2n) is 7.55. The summed E-state index contributed by atoms with van der Waals surface area (Å²) in [5.74, 6) is 1.55. The summed E-state index contributed by atoms with van der Waals surface area (Å²) >= 11 is 0. The molecule has 0 bridgehead atoms. The smallest absolute Gasteiger partial charge is 0.0994 e. The van der Waals surface area contributed by atoms with Gasteiger partial charge in [0.05, 0.1) is 11.6 Å². The number of benzene rings is 1. The summed E-state index contributed by atoms with van der Waals surface area (Å²) in [6, 6.07) is 6.62. The summed E-state index contributed by atoms with van der Waals surface area (Å²) in [6.45, 7) is 11.3. The fraction of sp³-hybridized carbons (Fsp3) is 0.632. The van der Waals surface area contributed by atoms with E-state index in [2.05, 4.69) is 52.8 Å². The molecule has 108 valence electrons. The summed E-state index contributed by atoms with van der Waals surface area (Å²) in [5, 5.41) is 9.12. The van der Waals surface area contributed by atoms with E-state index in [1.54, 1.807) is 0 Å². The Hall–Kier alpha value is -1.29. The van der Waals surface area contributed by atoms with Gasteiger partial charge in [-0.15, -0.1) is 0 Å². The first-order valence-electron chi connectivity index (χ1n) is 7.84. The zero-order valence-electron chi connectivity index (χ0n) is 13.6. The molecule has 0 aliphatic heterocycles. The van der Waals surface area contributed by atoms with Crippen molar-refractivity contribution in [3.8, 4) is 6.07 Å². The lowest BCUT2D eigenvalue weighted by atomic mass is 9.68. The van der Waals surface area contributed by atoms with E-state index in [0.29, 0.717) is 11.3 Å². The molecule has 0 heterocycles. The average Bonchev–Trinajstić information content (AvgIpc) is 2.40. The molecule has 0 spiro atoms. The van der Waals surface area contributed by atoms with E-state index in [1.165, 1.54) is 36.8 Å². The van der Waals surface area contributed by atoms with E-state index in [9.17, 15) is 0 Å². The van der Waals surface area contributed by atoms with Gasteiger partial charge in [0.1, 0.15) is 0 Å². The zero-order valence-corrected chi connectivity index (χ0v) is 13.6. The number of hydrogen-bond donors (Lipinski definition) is 0. The highest BCUT2D eigenvalue weighted by atomic mass is 14.4. The van der Waals surface area contributed by atoms with Gasteiger partial charge in [0.2, 0.25) is 0 Å². The van der Waals surface area contributed by atoms with E-state index in [4.69, 9.17) is 5.26 Å². The molecule has 0 atom stereocenters. The van der Waals surface area contributed by atoms with Crippen molar-refractivity contribution in [3.05, 3.63) is 34.4 Å². The number of rotatable bonds is 1. The highest BCUT2D eigenvalue weighted by Gasteiger charge is 2.30. The molecule has 2 rings (SSSR count). The van der Waals surface area contributed by atoms with Crippen LogP contribution in [-0.2, 0) is 0 Å². The molecule has 1 aromatic rings. The zero-order chi connectivity index (χ0) is 14.9. The minimum Gasteiger partial charge on any atom is -0.192 e. The number of hydrogen-bond acceptors (Lipinski definition) is 1. The van der Waals surface area contributed by atoms with E-state index in [1.807, 2.05) is 0 Å². The van der Waals surface area contributed by atoms with Gasteiger partial charge in [0, 0.05) is 0 Å². The minimum absolute atomic E-state index is 0.445. The fourth-order valence-corrected chi connectivity index (χ4v) is 3.67. The van der Waals surface area contributed by atoms with Crippen molar-refractivity contribution in [2.45, 2.75) is 66.2 Å². The molecule has 0 radical (unpaired) electrons. The monoisotopic (exact) mass is 269 g/mol. The molecular formula is C19H27N. The molecule has 1 aromatic carbocycles. The molecule has 0 N–H and O–H groups in total. The molecule has 1 aliphatic carbocycles. The average molecular weight is 269 g/mol. The van der Waals surface area contributed by atoms with Crippen molar-refractivity contribution in [2.24, 2.45) is 11.3 Å². The van der Waals surface area contributed by atoms with Gasteiger partial charge in [0.15, 0.2) is 0 Å². The molecule has 1 heteroatoms. The lowest BCUT2D eigenvalue weighted by molar-refractivity contribution is 0.169. The molecule has 1 saturated carbocycles. The van der Waals surface area contributed by atoms with E-state index >= 15 is 0 Å². The third-order valence-electron chi connectivity index (χ3n) is 5.13. The minimum atomic E-state index is 0.445. The van der Waals surface area contributed by atoms with Crippen molar-refractivity contribution < 1.29 is 0 Å². The summed E-state index contributed by atoms with van der Waals surface area (Å²) in [7, 11) is 0. The van der Waals surface area contributed by atoms with Crippen molar-refractivity contribution in [2.75, 3.05) is 0 Å². The Morgan fingerprint density at radius 2 is 1.60 bits per heavy atom. The van der Waals surface area contributed by atoms with Gasteiger partial charge in [-0.1, -0.05) is 26.8 Å². The van der Waals surface area contributed by atoms with Crippen LogP contribution >= 0.6 is 0 Å². The van der Waals surface area contributed by atoms with Gasteiger partial charge in [-0.2, -0.15) is 5.26 Å². The van der Waals surface area contributed by atoms with Crippen molar-refractivity contribution in [3.63, 3.8) is 0 Å². The number of nitrogens with zero attached hydrogens (tertiary/aromatic N) is 1. The third kappa shape index (κ3) is 3.06. The van der Waals surface area contributed by atoms with Gasteiger partial charge in [-0.25, -0.2) is 0 Å². The van der Waals surface area contributed by atoms with Crippen LogP contribution in [0.3, 0.4) is 0 Å². The van der Waals surface area contributed by atoms with E-state index in [0.717, 1.165) is 17.0 Å². The number of aryl methyl sites for hydroxylation is 2. The SMILES string of the molecule is Cc1cc(C2CCC(C(C)(C)C)CC2)c(C)cc1C#N. The highest BCUT2D eigenvalue weighted by Crippen LogP contribution is 2.44.